The van der Waals surface area contributed by atoms with Gasteiger partial charge >= 0.3 is 0 Å². The Morgan fingerprint density at radius 1 is 1.36 bits per heavy atom. The van der Waals surface area contributed by atoms with Crippen LogP contribution in [-0.2, 0) is 11.3 Å². The molecule has 1 atom stereocenters. The fourth-order valence-corrected chi connectivity index (χ4v) is 2.44. The van der Waals surface area contributed by atoms with Crippen LogP contribution in [0, 0.1) is 19.7 Å². The summed E-state index contributed by atoms with van der Waals surface area (Å²) in [6.07, 6.45) is 0. The number of hydrogen-bond acceptors (Lipinski definition) is 5. The third-order valence-corrected chi connectivity index (χ3v) is 3.49. The van der Waals surface area contributed by atoms with E-state index < -0.39 is 17.7 Å². The number of amides is 1. The molecule has 0 saturated heterocycles. The maximum absolute atomic E-state index is 13.5. The average molecular weight is 394 g/mol. The Labute approximate surface area is 163 Å². The molecular formula is C19H27FN4O4. The fourth-order valence-electron chi connectivity index (χ4n) is 2.44. The number of carboxylic acid groups (broad SMARTS) is 1. The Hall–Kier alpha value is -2.94. The monoisotopic (exact) mass is 394 g/mol. The number of halogens is 1. The van der Waals surface area contributed by atoms with Crippen LogP contribution in [0.5, 0.6) is 5.75 Å². The standard InChI is InChI=1S/C17H23FN4O2.C2H4O2/c1-11-8-13(3)22(21-11)10-12(2)20-17(23)15-9-14(18)4-5-16(15)24-7-6-19;1-2(3)4/h4-5,8-9,12H,6-7,10,19H2,1-3H3,(H,20,23);1H3,(H,3,4). The fraction of sp³-hybridized carbons (Fsp3) is 0.421. The van der Waals surface area contributed by atoms with E-state index in [0.29, 0.717) is 18.8 Å². The molecule has 154 valence electrons. The van der Waals surface area contributed by atoms with Gasteiger partial charge in [-0.05, 0) is 45.0 Å². The van der Waals surface area contributed by atoms with Gasteiger partial charge < -0.3 is 20.9 Å². The van der Waals surface area contributed by atoms with Crippen molar-refractivity contribution >= 4 is 11.9 Å². The number of aromatic nitrogens is 2. The lowest BCUT2D eigenvalue weighted by Crippen LogP contribution is -2.36. The maximum atomic E-state index is 13.5. The van der Waals surface area contributed by atoms with Crippen LogP contribution in [0.15, 0.2) is 24.3 Å². The number of nitrogens with one attached hydrogen (secondary N) is 1. The lowest BCUT2D eigenvalue weighted by molar-refractivity contribution is -0.134. The van der Waals surface area contributed by atoms with Gasteiger partial charge in [-0.25, -0.2) is 4.39 Å². The predicted octanol–water partition coefficient (Wildman–Crippen LogP) is 1.89. The molecule has 1 aromatic carbocycles. The molecule has 8 nitrogen and oxygen atoms in total. The highest BCUT2D eigenvalue weighted by atomic mass is 19.1. The first-order valence-corrected chi connectivity index (χ1v) is 8.77. The summed E-state index contributed by atoms with van der Waals surface area (Å²) in [4.78, 5) is 21.5. The second kappa shape index (κ2) is 11.0. The van der Waals surface area contributed by atoms with Gasteiger partial charge in [0.25, 0.3) is 11.9 Å². The van der Waals surface area contributed by atoms with Gasteiger partial charge in [-0.1, -0.05) is 0 Å². The van der Waals surface area contributed by atoms with E-state index in [1.54, 1.807) is 0 Å². The Morgan fingerprint density at radius 3 is 2.54 bits per heavy atom. The molecule has 0 spiro atoms. The van der Waals surface area contributed by atoms with Crippen LogP contribution < -0.4 is 15.8 Å². The summed E-state index contributed by atoms with van der Waals surface area (Å²) in [6, 6.07) is 5.64. The van der Waals surface area contributed by atoms with Crippen LogP contribution in [0.1, 0.15) is 35.6 Å². The first kappa shape index (κ1) is 23.1. The van der Waals surface area contributed by atoms with E-state index in [4.69, 9.17) is 20.4 Å². The number of rotatable bonds is 7. The quantitative estimate of drug-likeness (QED) is 0.660. The van der Waals surface area contributed by atoms with Crippen molar-refractivity contribution in [3.63, 3.8) is 0 Å². The molecule has 0 fully saturated rings. The first-order chi connectivity index (χ1) is 13.1. The molecule has 1 amide bonds. The minimum Gasteiger partial charge on any atom is -0.491 e. The van der Waals surface area contributed by atoms with Gasteiger partial charge in [0, 0.05) is 25.2 Å². The summed E-state index contributed by atoms with van der Waals surface area (Å²) in [6.45, 7) is 7.92. The second-order valence-electron chi connectivity index (χ2n) is 6.28. The molecule has 2 rings (SSSR count). The summed E-state index contributed by atoms with van der Waals surface area (Å²) < 4.78 is 20.7. The largest absolute Gasteiger partial charge is 0.491 e. The predicted molar refractivity (Wildman–Crippen MR) is 103 cm³/mol. The number of aryl methyl sites for hydroxylation is 2. The first-order valence-electron chi connectivity index (χ1n) is 8.77. The zero-order valence-corrected chi connectivity index (χ0v) is 16.5. The van der Waals surface area contributed by atoms with Gasteiger partial charge in [-0.3, -0.25) is 14.3 Å². The van der Waals surface area contributed by atoms with Crippen molar-refractivity contribution < 1.29 is 23.8 Å². The minimum absolute atomic E-state index is 0.156. The van der Waals surface area contributed by atoms with Crippen LogP contribution in [0.4, 0.5) is 4.39 Å². The molecule has 1 aromatic heterocycles. The van der Waals surface area contributed by atoms with Crippen molar-refractivity contribution in [1.82, 2.24) is 15.1 Å². The van der Waals surface area contributed by atoms with Crippen molar-refractivity contribution in [2.45, 2.75) is 40.3 Å². The Kier molecular flexibility index (Phi) is 9.10. The van der Waals surface area contributed by atoms with Gasteiger partial charge in [0.1, 0.15) is 18.2 Å². The van der Waals surface area contributed by atoms with Gasteiger partial charge in [0.05, 0.1) is 17.8 Å². The summed E-state index contributed by atoms with van der Waals surface area (Å²) in [5.41, 5.74) is 7.51. The molecule has 0 aliphatic rings. The zero-order valence-electron chi connectivity index (χ0n) is 16.5. The number of ether oxygens (including phenoxy) is 1. The molecule has 0 aliphatic carbocycles. The van der Waals surface area contributed by atoms with Gasteiger partial charge in [0.15, 0.2) is 0 Å². The molecule has 4 N–H and O–H groups in total. The van der Waals surface area contributed by atoms with E-state index in [2.05, 4.69) is 10.4 Å². The highest BCUT2D eigenvalue weighted by Crippen LogP contribution is 2.20. The van der Waals surface area contributed by atoms with Gasteiger partial charge in [-0.15, -0.1) is 0 Å². The minimum atomic E-state index is -0.833. The molecule has 0 saturated carbocycles. The van der Waals surface area contributed by atoms with Crippen LogP contribution in [0.3, 0.4) is 0 Å². The topological polar surface area (TPSA) is 119 Å². The number of benzene rings is 1. The summed E-state index contributed by atoms with van der Waals surface area (Å²) in [5.74, 6) is -1.40. The third kappa shape index (κ3) is 7.75. The van der Waals surface area contributed by atoms with Gasteiger partial charge in [0.2, 0.25) is 0 Å². The number of aliphatic carboxylic acids is 1. The molecule has 0 aliphatic heterocycles. The Balaban J connectivity index is 0.000000892. The second-order valence-corrected chi connectivity index (χ2v) is 6.28. The average Bonchev–Trinajstić information content (AvgIpc) is 2.90. The Morgan fingerprint density at radius 2 is 2.00 bits per heavy atom. The normalized spacial score (nSPS) is 11.2. The molecule has 9 heteroatoms. The molecule has 1 heterocycles. The van der Waals surface area contributed by atoms with E-state index in [1.165, 1.54) is 12.1 Å². The molecule has 0 radical (unpaired) electrons. The molecule has 28 heavy (non-hydrogen) atoms. The highest BCUT2D eigenvalue weighted by Gasteiger charge is 2.17. The molecule has 0 bridgehead atoms. The molecule has 1 unspecified atom stereocenters. The van der Waals surface area contributed by atoms with Gasteiger partial charge in [-0.2, -0.15) is 5.10 Å². The van der Waals surface area contributed by atoms with E-state index in [-0.39, 0.29) is 18.2 Å². The van der Waals surface area contributed by atoms with Crippen LogP contribution in [-0.4, -0.2) is 46.0 Å². The van der Waals surface area contributed by atoms with Crippen LogP contribution >= 0.6 is 0 Å². The number of carbonyl (C=O) groups excluding carboxylic acids is 1. The summed E-state index contributed by atoms with van der Waals surface area (Å²) in [7, 11) is 0. The number of nitrogens with two attached hydrogens (primary N) is 1. The number of nitrogens with zero attached hydrogens (tertiary/aromatic N) is 2. The van der Waals surface area contributed by atoms with Crippen molar-refractivity contribution in [1.29, 1.82) is 0 Å². The Bertz CT molecular complexity index is 803. The van der Waals surface area contributed by atoms with E-state index in [0.717, 1.165) is 24.4 Å². The number of carbonyl (C=O) groups is 2. The molecular weight excluding hydrogens is 367 g/mol. The lowest BCUT2D eigenvalue weighted by atomic mass is 10.1. The van der Waals surface area contributed by atoms with Crippen molar-refractivity contribution in [3.8, 4) is 5.75 Å². The van der Waals surface area contributed by atoms with E-state index in [1.807, 2.05) is 31.5 Å². The summed E-state index contributed by atoms with van der Waals surface area (Å²) >= 11 is 0. The van der Waals surface area contributed by atoms with E-state index >= 15 is 0 Å². The van der Waals surface area contributed by atoms with E-state index in [9.17, 15) is 9.18 Å². The summed E-state index contributed by atoms with van der Waals surface area (Å²) in [5, 5.41) is 14.6. The SMILES string of the molecule is CC(=O)O.Cc1cc(C)n(CC(C)NC(=O)c2cc(F)ccc2OCCN)n1. The highest BCUT2D eigenvalue weighted by molar-refractivity contribution is 5.97. The number of hydrogen-bond donors (Lipinski definition) is 3. The maximum Gasteiger partial charge on any atom is 0.300 e. The smallest absolute Gasteiger partial charge is 0.300 e. The molecule has 2 aromatic rings. The van der Waals surface area contributed by atoms with Crippen LogP contribution in [0.2, 0.25) is 0 Å². The third-order valence-electron chi connectivity index (χ3n) is 3.49. The van der Waals surface area contributed by atoms with Crippen molar-refractivity contribution in [2.24, 2.45) is 5.73 Å². The zero-order chi connectivity index (χ0) is 21.3. The number of carboxylic acids is 1. The van der Waals surface area contributed by atoms with Crippen molar-refractivity contribution in [3.05, 3.63) is 47.0 Å². The van der Waals surface area contributed by atoms with Crippen LogP contribution in [0.25, 0.3) is 0 Å². The van der Waals surface area contributed by atoms with Crippen molar-refractivity contribution in [2.75, 3.05) is 13.2 Å². The lowest BCUT2D eigenvalue weighted by Gasteiger charge is -2.17.